The van der Waals surface area contributed by atoms with Crippen molar-refractivity contribution in [3.05, 3.63) is 0 Å². The number of nitrogens with two attached hydrogens (primary N) is 1. The standard InChI is InChI=1S/C26H39F3N4O6/c1-24(2,3)39-23(38)32-17(13-9-7-6-8-10-13)22(37)33-12-14-16(25(14,4)5)18(33)21(36)31-15(11-26(27,28)29)19(34)20(30)35/h13-18H,6-12H2,1-5H3,(H2,30,35)(H,31,36)(H,32,38)/t14?,15?,16?,17-,18-/m0/s1. The lowest BCUT2D eigenvalue weighted by Gasteiger charge is -2.37. The summed E-state index contributed by atoms with van der Waals surface area (Å²) < 4.78 is 44.8. The Hall–Kier alpha value is -2.86. The van der Waals surface area contributed by atoms with Gasteiger partial charge in [0.25, 0.3) is 5.91 Å². The van der Waals surface area contributed by atoms with E-state index < -0.39 is 65.9 Å². The van der Waals surface area contributed by atoms with Gasteiger partial charge in [-0.15, -0.1) is 0 Å². The van der Waals surface area contributed by atoms with E-state index in [0.717, 1.165) is 19.3 Å². The first-order valence-electron chi connectivity index (χ1n) is 13.3. The van der Waals surface area contributed by atoms with Crippen LogP contribution in [0.3, 0.4) is 0 Å². The fourth-order valence-electron chi connectivity index (χ4n) is 6.14. The molecule has 39 heavy (non-hydrogen) atoms. The summed E-state index contributed by atoms with van der Waals surface area (Å²) in [6.07, 6.45) is -3.35. The zero-order valence-electron chi connectivity index (χ0n) is 23.0. The molecule has 0 radical (unpaired) electrons. The van der Waals surface area contributed by atoms with Gasteiger partial charge in [0.05, 0.1) is 6.42 Å². The van der Waals surface area contributed by atoms with E-state index in [9.17, 15) is 37.1 Å². The highest BCUT2D eigenvalue weighted by Gasteiger charge is 2.70. The Labute approximate surface area is 225 Å². The van der Waals surface area contributed by atoms with Crippen molar-refractivity contribution in [2.75, 3.05) is 6.54 Å². The Balaban J connectivity index is 1.88. The second-order valence-corrected chi connectivity index (χ2v) is 12.5. The Morgan fingerprint density at radius 3 is 2.13 bits per heavy atom. The molecule has 4 N–H and O–H groups in total. The lowest BCUT2D eigenvalue weighted by atomic mass is 9.83. The minimum atomic E-state index is -4.86. The molecule has 4 amide bonds. The van der Waals surface area contributed by atoms with E-state index in [1.807, 2.05) is 13.8 Å². The molecule has 2 saturated carbocycles. The Morgan fingerprint density at radius 2 is 1.62 bits per heavy atom. The first kappa shape index (κ1) is 30.7. The highest BCUT2D eigenvalue weighted by molar-refractivity contribution is 6.37. The second-order valence-electron chi connectivity index (χ2n) is 12.5. The molecule has 3 fully saturated rings. The number of fused-ring (bicyclic) bond motifs is 1. The van der Waals surface area contributed by atoms with Crippen LogP contribution in [0.4, 0.5) is 18.0 Å². The number of likely N-dealkylation sites (tertiary alicyclic amines) is 1. The van der Waals surface area contributed by atoms with Crippen LogP contribution < -0.4 is 16.4 Å². The van der Waals surface area contributed by atoms with E-state index in [0.29, 0.717) is 12.8 Å². The number of hydrogen-bond donors (Lipinski definition) is 3. The number of carbonyl (C=O) groups is 5. The van der Waals surface area contributed by atoms with Gasteiger partial charge in [0.2, 0.25) is 17.6 Å². The number of amides is 4. The van der Waals surface area contributed by atoms with E-state index in [1.54, 1.807) is 20.8 Å². The van der Waals surface area contributed by atoms with Crippen LogP contribution in [-0.2, 0) is 23.9 Å². The maximum absolute atomic E-state index is 13.9. The Bertz CT molecular complexity index is 1000. The van der Waals surface area contributed by atoms with Gasteiger partial charge in [-0.1, -0.05) is 33.1 Å². The molecular weight excluding hydrogens is 521 g/mol. The summed E-state index contributed by atoms with van der Waals surface area (Å²) in [5, 5.41) is 4.74. The minimum Gasteiger partial charge on any atom is -0.444 e. The fraction of sp³-hybridized carbons (Fsp3) is 0.808. The Kier molecular flexibility index (Phi) is 8.62. The van der Waals surface area contributed by atoms with Gasteiger partial charge in [0.15, 0.2) is 0 Å². The van der Waals surface area contributed by atoms with Crippen LogP contribution in [0, 0.1) is 23.2 Å². The third-order valence-corrected chi connectivity index (χ3v) is 8.13. The predicted octanol–water partition coefficient (Wildman–Crippen LogP) is 2.43. The number of rotatable bonds is 8. The van der Waals surface area contributed by atoms with Crippen LogP contribution >= 0.6 is 0 Å². The van der Waals surface area contributed by atoms with E-state index in [2.05, 4.69) is 10.6 Å². The van der Waals surface area contributed by atoms with Crippen molar-refractivity contribution in [1.82, 2.24) is 15.5 Å². The molecule has 0 bridgehead atoms. The number of alkyl halides is 3. The maximum Gasteiger partial charge on any atom is 0.408 e. The fourth-order valence-corrected chi connectivity index (χ4v) is 6.14. The first-order chi connectivity index (χ1) is 17.8. The largest absolute Gasteiger partial charge is 0.444 e. The summed E-state index contributed by atoms with van der Waals surface area (Å²) in [4.78, 5) is 64.8. The molecule has 0 aromatic rings. The minimum absolute atomic E-state index is 0.0985. The average Bonchev–Trinajstić information content (AvgIpc) is 3.14. The summed E-state index contributed by atoms with van der Waals surface area (Å²) in [6.45, 7) is 9.01. The van der Waals surface area contributed by atoms with Crippen molar-refractivity contribution in [2.24, 2.45) is 28.9 Å². The van der Waals surface area contributed by atoms with Gasteiger partial charge >= 0.3 is 12.3 Å². The quantitative estimate of drug-likeness (QED) is 0.389. The van der Waals surface area contributed by atoms with E-state index in [4.69, 9.17) is 10.5 Å². The molecule has 1 aliphatic heterocycles. The number of ketones is 1. The number of primary amides is 1. The van der Waals surface area contributed by atoms with Gasteiger partial charge in [-0.3, -0.25) is 19.2 Å². The molecule has 0 aromatic heterocycles. The van der Waals surface area contributed by atoms with Crippen molar-refractivity contribution in [2.45, 2.75) is 103 Å². The van der Waals surface area contributed by atoms with Crippen LogP contribution in [0.1, 0.15) is 73.1 Å². The number of alkyl carbamates (subject to hydrolysis) is 1. The van der Waals surface area contributed by atoms with Gasteiger partial charge in [-0.2, -0.15) is 13.2 Å². The zero-order valence-corrected chi connectivity index (χ0v) is 23.0. The molecule has 5 atom stereocenters. The number of nitrogens with one attached hydrogen (secondary N) is 2. The van der Waals surface area contributed by atoms with Crippen LogP contribution in [0.2, 0.25) is 0 Å². The first-order valence-corrected chi connectivity index (χ1v) is 13.3. The molecule has 10 nitrogen and oxygen atoms in total. The van der Waals surface area contributed by atoms with Crippen molar-refractivity contribution >= 4 is 29.6 Å². The van der Waals surface area contributed by atoms with Gasteiger partial charge < -0.3 is 26.0 Å². The average molecular weight is 561 g/mol. The molecule has 1 saturated heterocycles. The van der Waals surface area contributed by atoms with Crippen molar-refractivity contribution in [1.29, 1.82) is 0 Å². The molecule has 13 heteroatoms. The molecule has 0 spiro atoms. The zero-order chi connectivity index (χ0) is 29.5. The number of piperidine rings is 1. The topological polar surface area (TPSA) is 148 Å². The monoisotopic (exact) mass is 560 g/mol. The Morgan fingerprint density at radius 1 is 1.03 bits per heavy atom. The number of nitrogens with zero attached hydrogens (tertiary/aromatic N) is 1. The third kappa shape index (κ3) is 7.21. The molecular formula is C26H39F3N4O6. The molecule has 3 aliphatic rings. The van der Waals surface area contributed by atoms with E-state index >= 15 is 0 Å². The van der Waals surface area contributed by atoms with Gasteiger partial charge in [0, 0.05) is 6.54 Å². The number of ether oxygens (including phenoxy) is 1. The third-order valence-electron chi connectivity index (χ3n) is 8.13. The molecule has 3 unspecified atom stereocenters. The number of hydrogen-bond acceptors (Lipinski definition) is 6. The predicted molar refractivity (Wildman–Crippen MR) is 133 cm³/mol. The smallest absolute Gasteiger partial charge is 0.408 e. The lowest BCUT2D eigenvalue weighted by Crippen LogP contribution is -2.60. The van der Waals surface area contributed by atoms with Crippen LogP contribution in [0.5, 0.6) is 0 Å². The van der Waals surface area contributed by atoms with E-state index in [-0.39, 0.29) is 29.7 Å². The normalized spacial score (nSPS) is 26.2. The van der Waals surface area contributed by atoms with Gasteiger partial charge in [-0.25, -0.2) is 4.79 Å². The van der Waals surface area contributed by atoms with Crippen molar-refractivity contribution in [3.63, 3.8) is 0 Å². The van der Waals surface area contributed by atoms with Crippen molar-refractivity contribution < 1.29 is 41.9 Å². The van der Waals surface area contributed by atoms with E-state index in [1.165, 1.54) is 4.90 Å². The molecule has 2 aliphatic carbocycles. The SMILES string of the molecule is CC(C)(C)OC(=O)N[C@H](C(=O)N1CC2C([C@H]1C(=O)NC(CC(F)(F)F)C(=O)C(N)=O)C2(C)C)C1CCCCC1. The van der Waals surface area contributed by atoms with Gasteiger partial charge in [-0.05, 0) is 56.8 Å². The highest BCUT2D eigenvalue weighted by Crippen LogP contribution is 2.65. The van der Waals surface area contributed by atoms with Crippen molar-refractivity contribution in [3.8, 4) is 0 Å². The number of carbonyl (C=O) groups excluding carboxylic acids is 5. The summed E-state index contributed by atoms with van der Waals surface area (Å²) in [5.74, 6) is -5.34. The molecule has 1 heterocycles. The maximum atomic E-state index is 13.9. The molecule has 220 valence electrons. The summed E-state index contributed by atoms with van der Waals surface area (Å²) >= 11 is 0. The number of Topliss-reactive ketones (excluding diaryl/α,β-unsaturated/α-hetero) is 1. The summed E-state index contributed by atoms with van der Waals surface area (Å²) in [7, 11) is 0. The van der Waals surface area contributed by atoms with Crippen LogP contribution in [0.25, 0.3) is 0 Å². The van der Waals surface area contributed by atoms with Crippen LogP contribution in [0.15, 0.2) is 0 Å². The summed E-state index contributed by atoms with van der Waals surface area (Å²) in [5.41, 5.74) is 3.74. The summed E-state index contributed by atoms with van der Waals surface area (Å²) in [6, 6.07) is -4.38. The second kappa shape index (κ2) is 11.0. The lowest BCUT2D eigenvalue weighted by molar-refractivity contribution is -0.155. The molecule has 3 rings (SSSR count). The van der Waals surface area contributed by atoms with Gasteiger partial charge in [0.1, 0.15) is 23.7 Å². The van der Waals surface area contributed by atoms with Crippen LogP contribution in [-0.4, -0.2) is 70.9 Å². The highest BCUT2D eigenvalue weighted by atomic mass is 19.4. The molecule has 0 aromatic carbocycles. The number of halogens is 3.